The Labute approximate surface area is 83.0 Å². The lowest BCUT2D eigenvalue weighted by atomic mass is 10.2. The third-order valence-electron chi connectivity index (χ3n) is 1.33. The van der Waals surface area contributed by atoms with Gasteiger partial charge in [0, 0.05) is 0 Å². The van der Waals surface area contributed by atoms with Crippen LogP contribution in [0, 0.1) is 11.3 Å². The van der Waals surface area contributed by atoms with Gasteiger partial charge in [-0.15, -0.1) is 0 Å². The lowest BCUT2D eigenvalue weighted by Crippen LogP contribution is -1.85. The molecule has 0 aromatic heterocycles. The van der Waals surface area contributed by atoms with E-state index in [4.69, 9.17) is 20.2 Å². The van der Waals surface area contributed by atoms with Crippen LogP contribution in [0.2, 0.25) is 0 Å². The van der Waals surface area contributed by atoms with Crippen molar-refractivity contribution in [3.05, 3.63) is 29.8 Å². The maximum Gasteiger partial charge on any atom is 0.136 e. The standard InChI is InChI=1S/C8H7NO.C2H6O2/c1-10-8-5-3-2-4-7(8)6-9;3-1-2-4/h2-5H,1H3;3-4H,1-2H2. The first kappa shape index (κ1) is 12.4. The Morgan fingerprint density at radius 2 is 1.86 bits per heavy atom. The van der Waals surface area contributed by atoms with Crippen molar-refractivity contribution in [2.75, 3.05) is 20.3 Å². The van der Waals surface area contributed by atoms with Gasteiger partial charge in [-0.2, -0.15) is 5.26 Å². The molecule has 0 unspecified atom stereocenters. The van der Waals surface area contributed by atoms with Crippen molar-refractivity contribution in [2.45, 2.75) is 0 Å². The van der Waals surface area contributed by atoms with Gasteiger partial charge in [0.05, 0.1) is 25.9 Å². The van der Waals surface area contributed by atoms with E-state index in [9.17, 15) is 0 Å². The highest BCUT2D eigenvalue weighted by atomic mass is 16.5. The van der Waals surface area contributed by atoms with Crippen molar-refractivity contribution >= 4 is 0 Å². The van der Waals surface area contributed by atoms with E-state index in [-0.39, 0.29) is 13.2 Å². The second-order valence-corrected chi connectivity index (χ2v) is 2.26. The molecule has 1 aromatic carbocycles. The Hall–Kier alpha value is -1.57. The monoisotopic (exact) mass is 195 g/mol. The second-order valence-electron chi connectivity index (χ2n) is 2.26. The summed E-state index contributed by atoms with van der Waals surface area (Å²) in [6, 6.07) is 9.14. The molecule has 0 radical (unpaired) electrons. The van der Waals surface area contributed by atoms with Crippen LogP contribution in [0.5, 0.6) is 5.75 Å². The van der Waals surface area contributed by atoms with Gasteiger partial charge in [-0.3, -0.25) is 0 Å². The summed E-state index contributed by atoms with van der Waals surface area (Å²) in [4.78, 5) is 0. The van der Waals surface area contributed by atoms with Crippen molar-refractivity contribution in [3.63, 3.8) is 0 Å². The summed E-state index contributed by atoms with van der Waals surface area (Å²) in [7, 11) is 1.55. The zero-order valence-electron chi connectivity index (χ0n) is 7.97. The number of hydrogen-bond acceptors (Lipinski definition) is 4. The molecular formula is C10H13NO3. The summed E-state index contributed by atoms with van der Waals surface area (Å²) in [5.74, 6) is 0.630. The summed E-state index contributed by atoms with van der Waals surface area (Å²) in [5.41, 5.74) is 0.574. The molecule has 0 bridgehead atoms. The van der Waals surface area contributed by atoms with Crippen molar-refractivity contribution in [3.8, 4) is 11.8 Å². The van der Waals surface area contributed by atoms with Crippen LogP contribution in [0.4, 0.5) is 0 Å². The average Bonchev–Trinajstić information content (AvgIpc) is 2.29. The first-order valence-corrected chi connectivity index (χ1v) is 4.05. The fourth-order valence-electron chi connectivity index (χ4n) is 0.737. The molecule has 0 spiro atoms. The number of nitrogens with zero attached hydrogens (tertiary/aromatic N) is 1. The van der Waals surface area contributed by atoms with Gasteiger partial charge < -0.3 is 14.9 Å². The summed E-state index contributed by atoms with van der Waals surface area (Å²) >= 11 is 0. The molecule has 4 nitrogen and oxygen atoms in total. The number of benzene rings is 1. The van der Waals surface area contributed by atoms with Gasteiger partial charge in [0.1, 0.15) is 11.8 Å². The fraction of sp³-hybridized carbons (Fsp3) is 0.300. The van der Waals surface area contributed by atoms with Crippen LogP contribution < -0.4 is 4.74 Å². The maximum absolute atomic E-state index is 8.52. The molecule has 0 aliphatic carbocycles. The first-order valence-electron chi connectivity index (χ1n) is 4.05. The Balaban J connectivity index is 0.000000364. The smallest absolute Gasteiger partial charge is 0.136 e. The highest BCUT2D eigenvalue weighted by Gasteiger charge is 1.96. The Morgan fingerprint density at radius 1 is 1.29 bits per heavy atom. The third kappa shape index (κ3) is 4.45. The van der Waals surface area contributed by atoms with Gasteiger partial charge in [-0.1, -0.05) is 12.1 Å². The molecule has 0 saturated carbocycles. The molecule has 4 heteroatoms. The number of rotatable bonds is 2. The predicted octanol–water partition coefficient (Wildman–Crippen LogP) is 0.538. The van der Waals surface area contributed by atoms with Crippen LogP contribution in [0.1, 0.15) is 5.56 Å². The highest BCUT2D eigenvalue weighted by Crippen LogP contribution is 2.14. The van der Waals surface area contributed by atoms with E-state index in [2.05, 4.69) is 0 Å². The van der Waals surface area contributed by atoms with Crippen LogP contribution in [0.25, 0.3) is 0 Å². The Morgan fingerprint density at radius 3 is 2.21 bits per heavy atom. The minimum Gasteiger partial charge on any atom is -0.495 e. The molecule has 76 valence electrons. The van der Waals surface area contributed by atoms with Crippen LogP contribution in [-0.4, -0.2) is 30.5 Å². The van der Waals surface area contributed by atoms with Crippen LogP contribution in [0.15, 0.2) is 24.3 Å². The Kier molecular flexibility index (Phi) is 7.15. The average molecular weight is 195 g/mol. The van der Waals surface area contributed by atoms with Gasteiger partial charge in [-0.05, 0) is 12.1 Å². The number of nitriles is 1. The van der Waals surface area contributed by atoms with Gasteiger partial charge >= 0.3 is 0 Å². The third-order valence-corrected chi connectivity index (χ3v) is 1.33. The maximum atomic E-state index is 8.52. The summed E-state index contributed by atoms with van der Waals surface area (Å²) < 4.78 is 4.91. The van der Waals surface area contributed by atoms with Crippen molar-refractivity contribution < 1.29 is 14.9 Å². The van der Waals surface area contributed by atoms with Gasteiger partial charge in [0.15, 0.2) is 0 Å². The summed E-state index contributed by atoms with van der Waals surface area (Å²) in [6.45, 7) is -0.250. The largest absolute Gasteiger partial charge is 0.495 e. The predicted molar refractivity (Wildman–Crippen MR) is 51.9 cm³/mol. The molecule has 2 N–H and O–H groups in total. The number of para-hydroxylation sites is 1. The molecule has 0 aliphatic rings. The molecule has 0 aliphatic heterocycles. The van der Waals surface area contributed by atoms with Crippen molar-refractivity contribution in [1.29, 1.82) is 5.26 Å². The molecule has 1 aromatic rings. The molecule has 0 saturated heterocycles. The minimum absolute atomic E-state index is 0.125. The van der Waals surface area contributed by atoms with Gasteiger partial charge in [-0.25, -0.2) is 0 Å². The van der Waals surface area contributed by atoms with Gasteiger partial charge in [0.25, 0.3) is 0 Å². The van der Waals surface area contributed by atoms with E-state index in [1.54, 1.807) is 25.3 Å². The van der Waals surface area contributed by atoms with Crippen molar-refractivity contribution in [2.24, 2.45) is 0 Å². The normalized spacial score (nSPS) is 8.14. The number of ether oxygens (including phenoxy) is 1. The van der Waals surface area contributed by atoms with Crippen molar-refractivity contribution in [1.82, 2.24) is 0 Å². The highest BCUT2D eigenvalue weighted by molar-refractivity contribution is 5.42. The zero-order chi connectivity index (χ0) is 10.8. The summed E-state index contributed by atoms with van der Waals surface area (Å²) in [5, 5.41) is 23.8. The van der Waals surface area contributed by atoms with Crippen LogP contribution >= 0.6 is 0 Å². The number of hydrogen-bond donors (Lipinski definition) is 2. The summed E-state index contributed by atoms with van der Waals surface area (Å²) in [6.07, 6.45) is 0. The molecule has 14 heavy (non-hydrogen) atoms. The van der Waals surface area contributed by atoms with E-state index in [0.717, 1.165) is 0 Å². The fourth-order valence-corrected chi connectivity index (χ4v) is 0.737. The quantitative estimate of drug-likeness (QED) is 0.722. The topological polar surface area (TPSA) is 73.5 Å². The second kappa shape index (κ2) is 8.05. The van der Waals surface area contributed by atoms with E-state index < -0.39 is 0 Å². The molecule has 0 atom stereocenters. The van der Waals surface area contributed by atoms with Gasteiger partial charge in [0.2, 0.25) is 0 Å². The molecule has 0 heterocycles. The molecule has 0 amide bonds. The molecule has 0 fully saturated rings. The van der Waals surface area contributed by atoms with E-state index >= 15 is 0 Å². The van der Waals surface area contributed by atoms with E-state index in [1.165, 1.54) is 0 Å². The number of aliphatic hydroxyl groups is 2. The van der Waals surface area contributed by atoms with E-state index in [0.29, 0.717) is 11.3 Å². The van der Waals surface area contributed by atoms with E-state index in [1.807, 2.05) is 12.1 Å². The number of methoxy groups -OCH3 is 1. The zero-order valence-corrected chi connectivity index (χ0v) is 7.97. The lowest BCUT2D eigenvalue weighted by Gasteiger charge is -1.98. The van der Waals surface area contributed by atoms with Crippen LogP contribution in [-0.2, 0) is 0 Å². The first-order chi connectivity index (χ1) is 6.79. The molecular weight excluding hydrogens is 182 g/mol. The number of aliphatic hydroxyl groups excluding tert-OH is 2. The lowest BCUT2D eigenvalue weighted by molar-refractivity contribution is 0.186. The van der Waals surface area contributed by atoms with Crippen LogP contribution in [0.3, 0.4) is 0 Å². The SMILES string of the molecule is COc1ccccc1C#N.OCCO. The molecule has 1 rings (SSSR count). The minimum atomic E-state index is -0.125. The Bertz CT molecular complexity index is 292.